The van der Waals surface area contributed by atoms with Crippen molar-refractivity contribution in [1.82, 2.24) is 25.5 Å². The second-order valence-corrected chi connectivity index (χ2v) is 10.5. The van der Waals surface area contributed by atoms with Crippen molar-refractivity contribution in [2.24, 2.45) is 23.2 Å². The minimum Gasteiger partial charge on any atom is -0.352 e. The highest BCUT2D eigenvalue weighted by Gasteiger charge is 2.53. The van der Waals surface area contributed by atoms with Gasteiger partial charge < -0.3 is 5.32 Å². The number of aromatic nitrogens is 4. The van der Waals surface area contributed by atoms with Crippen molar-refractivity contribution in [3.8, 4) is 5.69 Å². The third-order valence-electron chi connectivity index (χ3n) is 7.50. The topological polar surface area (TPSA) is 72.7 Å². The molecular formula is C22H29N5OS. The predicted octanol–water partition coefficient (Wildman–Crippen LogP) is 3.78. The minimum absolute atomic E-state index is 0.0811. The molecule has 2 aromatic rings. The first-order valence-electron chi connectivity index (χ1n) is 10.8. The summed E-state index contributed by atoms with van der Waals surface area (Å²) in [6, 6.07) is 8.24. The molecule has 6 rings (SSSR count). The van der Waals surface area contributed by atoms with Crippen LogP contribution in [-0.2, 0) is 4.79 Å². The molecule has 1 unspecified atom stereocenters. The van der Waals surface area contributed by atoms with Gasteiger partial charge in [0.2, 0.25) is 11.1 Å². The summed E-state index contributed by atoms with van der Waals surface area (Å²) in [5.41, 5.74) is 2.38. The molecule has 7 heteroatoms. The fraction of sp³-hybridized carbons (Fsp3) is 0.636. The van der Waals surface area contributed by atoms with Crippen LogP contribution in [0.5, 0.6) is 0 Å². The van der Waals surface area contributed by atoms with Crippen LogP contribution in [0.3, 0.4) is 0 Å². The van der Waals surface area contributed by atoms with Gasteiger partial charge in [0.05, 0.1) is 11.4 Å². The van der Waals surface area contributed by atoms with Crippen molar-refractivity contribution in [1.29, 1.82) is 0 Å². The van der Waals surface area contributed by atoms with Gasteiger partial charge in [0.15, 0.2) is 0 Å². The summed E-state index contributed by atoms with van der Waals surface area (Å²) in [4.78, 5) is 12.7. The molecule has 0 radical (unpaired) electrons. The van der Waals surface area contributed by atoms with E-state index < -0.39 is 0 Å². The maximum absolute atomic E-state index is 12.7. The number of nitrogens with one attached hydrogen (secondary N) is 1. The first kappa shape index (κ1) is 19.1. The van der Waals surface area contributed by atoms with E-state index in [1.165, 1.54) is 50.3 Å². The molecule has 154 valence electrons. The molecule has 4 aliphatic rings. The van der Waals surface area contributed by atoms with E-state index in [2.05, 4.69) is 27.8 Å². The Hall–Kier alpha value is -1.89. The van der Waals surface area contributed by atoms with Crippen LogP contribution in [0.1, 0.15) is 51.0 Å². The molecule has 1 atom stereocenters. The van der Waals surface area contributed by atoms with E-state index in [0.717, 1.165) is 29.0 Å². The fourth-order valence-electron chi connectivity index (χ4n) is 6.50. The standard InChI is InChI=1S/C22H29N5OS/c1-14-5-3-4-6-19(14)27-21(24-25-26-27)29-13-20(28)23-15(2)22-10-16-7-17(11-22)9-18(8-16)12-22/h3-6,15-18H,7-13H2,1-2H3,(H,23,28). The summed E-state index contributed by atoms with van der Waals surface area (Å²) in [6.07, 6.45) is 8.20. The molecule has 4 fully saturated rings. The number of nitrogens with zero attached hydrogens (tertiary/aromatic N) is 4. The molecule has 4 saturated carbocycles. The maximum atomic E-state index is 12.7. The van der Waals surface area contributed by atoms with Crippen molar-refractivity contribution in [3.05, 3.63) is 29.8 Å². The Balaban J connectivity index is 1.22. The molecule has 6 nitrogen and oxygen atoms in total. The number of amides is 1. The number of para-hydroxylation sites is 1. The van der Waals surface area contributed by atoms with Gasteiger partial charge in [-0.05, 0) is 97.6 Å². The van der Waals surface area contributed by atoms with Crippen LogP contribution in [0.2, 0.25) is 0 Å². The van der Waals surface area contributed by atoms with E-state index in [4.69, 9.17) is 0 Å². The monoisotopic (exact) mass is 411 g/mol. The average Bonchev–Trinajstić information content (AvgIpc) is 3.14. The number of carbonyl (C=O) groups excluding carboxylic acids is 1. The highest BCUT2D eigenvalue weighted by Crippen LogP contribution is 2.61. The number of thioether (sulfide) groups is 1. The summed E-state index contributed by atoms with van der Waals surface area (Å²) in [5, 5.41) is 16.0. The van der Waals surface area contributed by atoms with Gasteiger partial charge in [-0.15, -0.1) is 5.10 Å². The Kier molecular flexibility index (Phi) is 4.88. The zero-order chi connectivity index (χ0) is 20.0. The van der Waals surface area contributed by atoms with E-state index in [1.807, 2.05) is 31.2 Å². The van der Waals surface area contributed by atoms with Crippen molar-refractivity contribution < 1.29 is 4.79 Å². The van der Waals surface area contributed by atoms with E-state index in [1.54, 1.807) is 4.68 Å². The second kappa shape index (κ2) is 7.42. The molecular weight excluding hydrogens is 382 g/mol. The smallest absolute Gasteiger partial charge is 0.230 e. The molecule has 0 spiro atoms. The fourth-order valence-corrected chi connectivity index (χ4v) is 7.19. The Morgan fingerprint density at radius 1 is 1.21 bits per heavy atom. The Morgan fingerprint density at radius 2 is 1.86 bits per heavy atom. The molecule has 1 amide bonds. The number of carbonyl (C=O) groups is 1. The summed E-state index contributed by atoms with van der Waals surface area (Å²) in [6.45, 7) is 4.26. The van der Waals surface area contributed by atoms with Crippen molar-refractivity contribution >= 4 is 17.7 Å². The summed E-state index contributed by atoms with van der Waals surface area (Å²) in [5.74, 6) is 3.11. The third kappa shape index (κ3) is 3.58. The number of aryl methyl sites for hydroxylation is 1. The molecule has 0 aliphatic heterocycles. The average molecular weight is 412 g/mol. The number of hydrogen-bond acceptors (Lipinski definition) is 5. The highest BCUT2D eigenvalue weighted by atomic mass is 32.2. The van der Waals surface area contributed by atoms with E-state index in [9.17, 15) is 4.79 Å². The molecule has 1 heterocycles. The van der Waals surface area contributed by atoms with Crippen molar-refractivity contribution in [2.45, 2.75) is 63.6 Å². The van der Waals surface area contributed by atoms with Crippen LogP contribution in [0.25, 0.3) is 5.69 Å². The zero-order valence-corrected chi connectivity index (χ0v) is 18.0. The lowest BCUT2D eigenvalue weighted by molar-refractivity contribution is -0.123. The maximum Gasteiger partial charge on any atom is 0.230 e. The van der Waals surface area contributed by atoms with Gasteiger partial charge in [0, 0.05) is 6.04 Å². The lowest BCUT2D eigenvalue weighted by Crippen LogP contribution is -2.56. The molecule has 4 aliphatic carbocycles. The molecule has 1 aromatic carbocycles. The number of benzene rings is 1. The number of rotatable bonds is 6. The lowest BCUT2D eigenvalue weighted by atomic mass is 9.48. The van der Waals surface area contributed by atoms with Gasteiger partial charge in [-0.1, -0.05) is 30.0 Å². The zero-order valence-electron chi connectivity index (χ0n) is 17.2. The first-order valence-corrected chi connectivity index (χ1v) is 11.8. The Morgan fingerprint density at radius 3 is 2.52 bits per heavy atom. The summed E-state index contributed by atoms with van der Waals surface area (Å²) >= 11 is 1.40. The molecule has 1 aromatic heterocycles. The lowest BCUT2D eigenvalue weighted by Gasteiger charge is -2.59. The largest absolute Gasteiger partial charge is 0.352 e. The molecule has 4 bridgehead atoms. The molecule has 29 heavy (non-hydrogen) atoms. The second-order valence-electron chi connectivity index (χ2n) is 9.52. The van der Waals surface area contributed by atoms with Crippen LogP contribution < -0.4 is 5.32 Å². The number of hydrogen-bond donors (Lipinski definition) is 1. The van der Waals surface area contributed by atoms with Gasteiger partial charge in [0.25, 0.3) is 0 Å². The predicted molar refractivity (Wildman–Crippen MR) is 113 cm³/mol. The van der Waals surface area contributed by atoms with E-state index >= 15 is 0 Å². The van der Waals surface area contributed by atoms with Gasteiger partial charge >= 0.3 is 0 Å². The normalized spacial score (nSPS) is 31.0. The van der Waals surface area contributed by atoms with E-state index in [-0.39, 0.29) is 11.9 Å². The van der Waals surface area contributed by atoms with Crippen LogP contribution in [0, 0.1) is 30.1 Å². The number of tetrazole rings is 1. The summed E-state index contributed by atoms with van der Waals surface area (Å²) < 4.78 is 1.72. The summed E-state index contributed by atoms with van der Waals surface area (Å²) in [7, 11) is 0. The van der Waals surface area contributed by atoms with Gasteiger partial charge in [-0.25, -0.2) is 0 Å². The molecule has 1 N–H and O–H groups in total. The Labute approximate surface area is 176 Å². The van der Waals surface area contributed by atoms with Crippen molar-refractivity contribution in [2.75, 3.05) is 5.75 Å². The quantitative estimate of drug-likeness (QED) is 0.732. The van der Waals surface area contributed by atoms with Crippen LogP contribution in [-0.4, -0.2) is 37.9 Å². The SMILES string of the molecule is Cc1ccccc1-n1nnnc1SCC(=O)NC(C)C12CC3CC(CC(C3)C1)C2. The van der Waals surface area contributed by atoms with Gasteiger partial charge in [0.1, 0.15) is 0 Å². The van der Waals surface area contributed by atoms with Crippen LogP contribution >= 0.6 is 11.8 Å². The minimum atomic E-state index is 0.0811. The van der Waals surface area contributed by atoms with Crippen LogP contribution in [0.4, 0.5) is 0 Å². The third-order valence-corrected chi connectivity index (χ3v) is 8.42. The van der Waals surface area contributed by atoms with Crippen molar-refractivity contribution in [3.63, 3.8) is 0 Å². The Bertz CT molecular complexity index is 875. The van der Waals surface area contributed by atoms with Crippen LogP contribution in [0.15, 0.2) is 29.4 Å². The van der Waals surface area contributed by atoms with Gasteiger partial charge in [-0.2, -0.15) is 4.68 Å². The first-order chi connectivity index (χ1) is 14.0. The van der Waals surface area contributed by atoms with Gasteiger partial charge in [-0.3, -0.25) is 4.79 Å². The highest BCUT2D eigenvalue weighted by molar-refractivity contribution is 7.99. The van der Waals surface area contributed by atoms with E-state index in [0.29, 0.717) is 16.3 Å². The molecule has 0 saturated heterocycles.